The van der Waals surface area contributed by atoms with Crippen molar-refractivity contribution in [2.75, 3.05) is 12.1 Å². The van der Waals surface area contributed by atoms with Gasteiger partial charge in [0.25, 0.3) is 5.91 Å². The van der Waals surface area contributed by atoms with E-state index in [4.69, 9.17) is 9.47 Å². The molecule has 4 rings (SSSR count). The summed E-state index contributed by atoms with van der Waals surface area (Å²) in [5.41, 5.74) is 0.597. The number of halogens is 3. The van der Waals surface area contributed by atoms with Crippen LogP contribution >= 0.6 is 0 Å². The number of hydrogen-bond acceptors (Lipinski definition) is 5. The summed E-state index contributed by atoms with van der Waals surface area (Å²) in [7, 11) is 1.41. The average molecular weight is 480 g/mol. The third-order valence-corrected chi connectivity index (χ3v) is 5.19. The number of hydrogen-bond donors (Lipinski definition) is 0. The van der Waals surface area contributed by atoms with Gasteiger partial charge in [-0.3, -0.25) is 4.79 Å². The first-order chi connectivity index (χ1) is 16.7. The first kappa shape index (κ1) is 23.7. The molecular weight excluding hydrogens is 461 g/mol. The Morgan fingerprint density at radius 3 is 2.40 bits per heavy atom. The van der Waals surface area contributed by atoms with Crippen LogP contribution in [0.3, 0.4) is 0 Å². The van der Waals surface area contributed by atoms with Crippen LogP contribution in [0, 0.1) is 0 Å². The van der Waals surface area contributed by atoms with Gasteiger partial charge < -0.3 is 9.47 Å². The number of amides is 1. The van der Waals surface area contributed by atoms with Crippen molar-refractivity contribution in [3.63, 3.8) is 0 Å². The predicted octanol–water partition coefficient (Wildman–Crippen LogP) is 5.74. The zero-order valence-corrected chi connectivity index (χ0v) is 18.7. The molecule has 0 fully saturated rings. The second-order valence-electron chi connectivity index (χ2n) is 7.57. The lowest BCUT2D eigenvalue weighted by molar-refractivity contribution is -0.137. The molecule has 0 saturated carbocycles. The molecular formula is C26H19F3N2O4. The molecule has 178 valence electrons. The summed E-state index contributed by atoms with van der Waals surface area (Å²) in [4.78, 5) is 25.3. The highest BCUT2D eigenvalue weighted by Gasteiger charge is 2.33. The van der Waals surface area contributed by atoms with Crippen molar-refractivity contribution in [3.8, 4) is 11.5 Å². The summed E-state index contributed by atoms with van der Waals surface area (Å²) < 4.78 is 50.0. The molecule has 1 aliphatic rings. The molecule has 3 aromatic rings. The molecule has 0 unspecified atom stereocenters. The molecule has 0 bridgehead atoms. The van der Waals surface area contributed by atoms with Crippen molar-refractivity contribution >= 4 is 29.4 Å². The normalized spacial score (nSPS) is 14.8. The number of alkyl halides is 3. The van der Waals surface area contributed by atoms with Gasteiger partial charge in [-0.2, -0.15) is 23.3 Å². The van der Waals surface area contributed by atoms with Gasteiger partial charge in [-0.05, 0) is 61.0 Å². The van der Waals surface area contributed by atoms with Crippen LogP contribution in [0.1, 0.15) is 28.4 Å². The molecule has 0 radical (unpaired) electrons. The van der Waals surface area contributed by atoms with Crippen molar-refractivity contribution in [2.24, 2.45) is 5.10 Å². The molecule has 9 heteroatoms. The molecule has 0 atom stereocenters. The van der Waals surface area contributed by atoms with Crippen LogP contribution in [0.2, 0.25) is 0 Å². The van der Waals surface area contributed by atoms with Crippen LogP contribution in [0.4, 0.5) is 18.9 Å². The van der Waals surface area contributed by atoms with E-state index >= 15 is 0 Å². The van der Waals surface area contributed by atoms with Gasteiger partial charge in [0, 0.05) is 0 Å². The van der Waals surface area contributed by atoms with E-state index in [2.05, 4.69) is 5.10 Å². The lowest BCUT2D eigenvalue weighted by Gasteiger charge is -2.14. The smallest absolute Gasteiger partial charge is 0.416 e. The monoisotopic (exact) mass is 480 g/mol. The Balaban J connectivity index is 1.58. The second kappa shape index (κ2) is 9.46. The molecule has 3 aromatic carbocycles. The fourth-order valence-corrected chi connectivity index (χ4v) is 3.43. The van der Waals surface area contributed by atoms with Gasteiger partial charge in [0.2, 0.25) is 0 Å². The largest absolute Gasteiger partial charge is 0.493 e. The minimum Gasteiger partial charge on any atom is -0.493 e. The number of benzene rings is 3. The number of carbonyl (C=O) groups is 2. The van der Waals surface area contributed by atoms with Gasteiger partial charge in [0.15, 0.2) is 11.5 Å². The van der Waals surface area contributed by atoms with E-state index in [0.29, 0.717) is 16.8 Å². The van der Waals surface area contributed by atoms with Crippen LogP contribution in [0.5, 0.6) is 11.5 Å². The molecule has 1 heterocycles. The molecule has 35 heavy (non-hydrogen) atoms. The van der Waals surface area contributed by atoms with Crippen LogP contribution in [0.25, 0.3) is 6.08 Å². The summed E-state index contributed by atoms with van der Waals surface area (Å²) >= 11 is 0. The van der Waals surface area contributed by atoms with E-state index in [0.717, 1.165) is 17.1 Å². The van der Waals surface area contributed by atoms with E-state index < -0.39 is 23.6 Å². The van der Waals surface area contributed by atoms with Crippen molar-refractivity contribution in [3.05, 3.63) is 95.1 Å². The van der Waals surface area contributed by atoms with E-state index in [-0.39, 0.29) is 22.8 Å². The lowest BCUT2D eigenvalue weighted by Crippen LogP contribution is -2.21. The Labute approximate surface area is 198 Å². The number of anilines is 1. The van der Waals surface area contributed by atoms with Crippen molar-refractivity contribution in [1.29, 1.82) is 0 Å². The summed E-state index contributed by atoms with van der Waals surface area (Å²) in [6.07, 6.45) is -3.00. The zero-order chi connectivity index (χ0) is 25.2. The zero-order valence-electron chi connectivity index (χ0n) is 18.7. The molecule has 1 amide bonds. The minimum atomic E-state index is -4.54. The minimum absolute atomic E-state index is 0.00771. The third kappa shape index (κ3) is 5.08. The number of ether oxygens (including phenoxy) is 2. The first-order valence-corrected chi connectivity index (χ1v) is 10.4. The van der Waals surface area contributed by atoms with Gasteiger partial charge in [-0.15, -0.1) is 0 Å². The fourth-order valence-electron chi connectivity index (χ4n) is 3.43. The maximum absolute atomic E-state index is 13.1. The molecule has 0 N–H and O–H groups in total. The summed E-state index contributed by atoms with van der Waals surface area (Å²) in [6, 6.07) is 17.6. The van der Waals surface area contributed by atoms with E-state index in [1.165, 1.54) is 25.3 Å². The number of methoxy groups -OCH3 is 1. The van der Waals surface area contributed by atoms with Crippen molar-refractivity contribution < 1.29 is 32.2 Å². The molecule has 0 aromatic heterocycles. The van der Waals surface area contributed by atoms with Gasteiger partial charge in [0.1, 0.15) is 0 Å². The van der Waals surface area contributed by atoms with E-state index in [1.807, 2.05) is 0 Å². The highest BCUT2D eigenvalue weighted by molar-refractivity contribution is 6.32. The van der Waals surface area contributed by atoms with Crippen LogP contribution in [0.15, 0.2) is 83.5 Å². The van der Waals surface area contributed by atoms with Gasteiger partial charge >= 0.3 is 12.1 Å². The lowest BCUT2D eigenvalue weighted by atomic mass is 10.1. The number of carbonyl (C=O) groups excluding carboxylic acids is 2. The highest BCUT2D eigenvalue weighted by atomic mass is 19.4. The van der Waals surface area contributed by atoms with Crippen LogP contribution in [-0.4, -0.2) is 24.7 Å². The summed E-state index contributed by atoms with van der Waals surface area (Å²) in [6.45, 7) is 1.59. The highest BCUT2D eigenvalue weighted by Crippen LogP contribution is 2.34. The maximum Gasteiger partial charge on any atom is 0.416 e. The second-order valence-corrected chi connectivity index (χ2v) is 7.57. The molecule has 6 nitrogen and oxygen atoms in total. The molecule has 0 aliphatic carbocycles. The molecule has 1 aliphatic heterocycles. The van der Waals surface area contributed by atoms with E-state index in [1.54, 1.807) is 55.5 Å². The van der Waals surface area contributed by atoms with Gasteiger partial charge in [-0.25, -0.2) is 4.79 Å². The fraction of sp³-hybridized carbons (Fsp3) is 0.115. The number of rotatable bonds is 5. The Bertz CT molecular complexity index is 1350. The Hall–Kier alpha value is -4.40. The van der Waals surface area contributed by atoms with E-state index in [9.17, 15) is 22.8 Å². The Morgan fingerprint density at radius 1 is 0.971 bits per heavy atom. The third-order valence-electron chi connectivity index (χ3n) is 5.19. The summed E-state index contributed by atoms with van der Waals surface area (Å²) in [5.74, 6) is -0.670. The van der Waals surface area contributed by atoms with Crippen LogP contribution in [-0.2, 0) is 11.0 Å². The standard InChI is InChI=1S/C26H19F3N2O4/c1-16-21(24(32)31(30-16)20-10-6-9-19(15-20)26(27,28)29)13-17-11-12-22(23(14-17)34-2)35-25(33)18-7-4-3-5-8-18/h3-15H,1-2H3/b21-13+. The number of hydrazone groups is 1. The maximum atomic E-state index is 13.1. The topological polar surface area (TPSA) is 68.2 Å². The number of esters is 1. The average Bonchev–Trinajstić information content (AvgIpc) is 3.13. The quantitative estimate of drug-likeness (QED) is 0.265. The first-order valence-electron chi connectivity index (χ1n) is 10.4. The molecule has 0 saturated heterocycles. The Morgan fingerprint density at radius 2 is 1.71 bits per heavy atom. The Kier molecular flexibility index (Phi) is 6.42. The van der Waals surface area contributed by atoms with Crippen molar-refractivity contribution in [2.45, 2.75) is 13.1 Å². The van der Waals surface area contributed by atoms with Crippen molar-refractivity contribution in [1.82, 2.24) is 0 Å². The SMILES string of the molecule is COc1cc(/C=C2/C(=O)N(c3cccc(C(F)(F)F)c3)N=C2C)ccc1OC(=O)c1ccccc1. The van der Waals surface area contributed by atoms with Crippen LogP contribution < -0.4 is 14.5 Å². The molecule has 0 spiro atoms. The van der Waals surface area contributed by atoms with Gasteiger partial charge in [-0.1, -0.05) is 30.3 Å². The number of nitrogens with zero attached hydrogens (tertiary/aromatic N) is 2. The summed E-state index contributed by atoms with van der Waals surface area (Å²) in [5, 5.41) is 5.07. The predicted molar refractivity (Wildman–Crippen MR) is 124 cm³/mol. The van der Waals surface area contributed by atoms with Gasteiger partial charge in [0.05, 0.1) is 35.2 Å².